The molecule has 2 aromatic carbocycles. The highest BCUT2D eigenvalue weighted by molar-refractivity contribution is 5.53. The van der Waals surface area contributed by atoms with E-state index in [2.05, 4.69) is 11.4 Å². The summed E-state index contributed by atoms with van der Waals surface area (Å²) in [6.45, 7) is 3.79. The first-order chi connectivity index (χ1) is 9.61. The largest absolute Gasteiger partial charge is 0.389 e. The summed E-state index contributed by atoms with van der Waals surface area (Å²) in [5.74, 6) is 0. The van der Waals surface area contributed by atoms with E-state index in [1.54, 1.807) is 13.0 Å². The molecule has 3 heteroatoms. The quantitative estimate of drug-likeness (QED) is 0.885. The van der Waals surface area contributed by atoms with E-state index >= 15 is 0 Å². The lowest BCUT2D eigenvalue weighted by Crippen LogP contribution is -2.09. The minimum Gasteiger partial charge on any atom is -0.389 e. The summed E-state index contributed by atoms with van der Waals surface area (Å²) in [7, 11) is 0. The average molecular weight is 266 g/mol. The molecule has 0 saturated heterocycles. The number of aliphatic hydroxyl groups excluding tert-OH is 1. The third-order valence-corrected chi connectivity index (χ3v) is 3.30. The van der Waals surface area contributed by atoms with Crippen molar-refractivity contribution in [2.24, 2.45) is 0 Å². The molecular formula is C17H18N2O. The zero-order valence-corrected chi connectivity index (χ0v) is 11.7. The van der Waals surface area contributed by atoms with Crippen LogP contribution in [0.1, 0.15) is 42.7 Å². The predicted octanol–water partition coefficient (Wildman–Crippen LogP) is 3.78. The monoisotopic (exact) mass is 266 g/mol. The van der Waals surface area contributed by atoms with Crippen LogP contribution < -0.4 is 5.32 Å². The Bertz CT molecular complexity index is 629. The standard InChI is InChI=1S/C17H18N2O/c1-12(15-7-5-6-14(10-15)11-18)19-17-9-4-3-8-16(17)13(2)20/h3-10,12-13,19-20H,1-2H3. The summed E-state index contributed by atoms with van der Waals surface area (Å²) in [5, 5.41) is 22.1. The normalized spacial score (nSPS) is 13.3. The summed E-state index contributed by atoms with van der Waals surface area (Å²) in [4.78, 5) is 0. The first-order valence-electron chi connectivity index (χ1n) is 6.65. The summed E-state index contributed by atoms with van der Waals surface area (Å²) in [6.07, 6.45) is -0.517. The number of anilines is 1. The number of rotatable bonds is 4. The maximum atomic E-state index is 9.79. The molecule has 0 amide bonds. The van der Waals surface area contributed by atoms with Crippen LogP contribution in [0.25, 0.3) is 0 Å². The van der Waals surface area contributed by atoms with Crippen LogP contribution in [0.4, 0.5) is 5.69 Å². The Morgan fingerprint density at radius 2 is 1.85 bits per heavy atom. The number of nitrogens with zero attached hydrogens (tertiary/aromatic N) is 1. The molecule has 2 rings (SSSR count). The first-order valence-corrected chi connectivity index (χ1v) is 6.65. The zero-order valence-electron chi connectivity index (χ0n) is 11.7. The van der Waals surface area contributed by atoms with Crippen molar-refractivity contribution in [2.45, 2.75) is 26.0 Å². The van der Waals surface area contributed by atoms with Crippen LogP contribution in [-0.2, 0) is 0 Å². The Balaban J connectivity index is 2.23. The fourth-order valence-electron chi connectivity index (χ4n) is 2.19. The summed E-state index contributed by atoms with van der Waals surface area (Å²) < 4.78 is 0. The maximum Gasteiger partial charge on any atom is 0.0991 e. The van der Waals surface area contributed by atoms with Crippen molar-refractivity contribution in [1.29, 1.82) is 5.26 Å². The molecule has 0 aromatic heterocycles. The molecule has 0 saturated carbocycles. The molecule has 3 nitrogen and oxygen atoms in total. The van der Waals surface area contributed by atoms with Crippen molar-refractivity contribution in [2.75, 3.05) is 5.32 Å². The molecule has 20 heavy (non-hydrogen) atoms. The van der Waals surface area contributed by atoms with Gasteiger partial charge in [-0.25, -0.2) is 0 Å². The molecule has 0 radical (unpaired) electrons. The molecule has 0 heterocycles. The minimum absolute atomic E-state index is 0.0585. The highest BCUT2D eigenvalue weighted by Crippen LogP contribution is 2.26. The van der Waals surface area contributed by atoms with E-state index in [-0.39, 0.29) is 6.04 Å². The Morgan fingerprint density at radius 3 is 2.55 bits per heavy atom. The van der Waals surface area contributed by atoms with Gasteiger partial charge in [-0.2, -0.15) is 5.26 Å². The Hall–Kier alpha value is -2.31. The second-order valence-corrected chi connectivity index (χ2v) is 4.87. The summed E-state index contributed by atoms with van der Waals surface area (Å²) in [5.41, 5.74) is 3.48. The van der Waals surface area contributed by atoms with Gasteiger partial charge in [-0.1, -0.05) is 30.3 Å². The van der Waals surface area contributed by atoms with Crippen molar-refractivity contribution < 1.29 is 5.11 Å². The highest BCUT2D eigenvalue weighted by Gasteiger charge is 2.11. The number of para-hydroxylation sites is 1. The van der Waals surface area contributed by atoms with Gasteiger partial charge in [0.05, 0.1) is 17.7 Å². The molecule has 0 aliphatic heterocycles. The number of nitrogens with one attached hydrogen (secondary N) is 1. The van der Waals surface area contributed by atoms with Gasteiger partial charge in [-0.3, -0.25) is 0 Å². The van der Waals surface area contributed by atoms with Crippen LogP contribution in [0.15, 0.2) is 48.5 Å². The zero-order chi connectivity index (χ0) is 14.5. The van der Waals surface area contributed by atoms with Crippen LogP contribution in [0.3, 0.4) is 0 Å². The van der Waals surface area contributed by atoms with Crippen LogP contribution in [0.5, 0.6) is 0 Å². The van der Waals surface area contributed by atoms with E-state index in [0.29, 0.717) is 5.56 Å². The predicted molar refractivity (Wildman–Crippen MR) is 80.3 cm³/mol. The number of hydrogen-bond acceptors (Lipinski definition) is 3. The second-order valence-electron chi connectivity index (χ2n) is 4.87. The minimum atomic E-state index is -0.517. The van der Waals surface area contributed by atoms with Crippen molar-refractivity contribution >= 4 is 5.69 Å². The molecule has 0 bridgehead atoms. The lowest BCUT2D eigenvalue weighted by atomic mass is 10.0. The molecular weight excluding hydrogens is 248 g/mol. The Labute approximate surface area is 119 Å². The second kappa shape index (κ2) is 6.23. The van der Waals surface area contributed by atoms with E-state index in [9.17, 15) is 5.11 Å². The van der Waals surface area contributed by atoms with E-state index in [1.165, 1.54) is 0 Å². The lowest BCUT2D eigenvalue weighted by molar-refractivity contribution is 0.200. The molecule has 0 aliphatic carbocycles. The van der Waals surface area contributed by atoms with Crippen molar-refractivity contribution in [3.05, 3.63) is 65.2 Å². The van der Waals surface area contributed by atoms with Gasteiger partial charge < -0.3 is 10.4 Å². The Morgan fingerprint density at radius 1 is 1.10 bits per heavy atom. The van der Waals surface area contributed by atoms with Crippen LogP contribution in [0, 0.1) is 11.3 Å². The molecule has 2 N–H and O–H groups in total. The third-order valence-electron chi connectivity index (χ3n) is 3.30. The smallest absolute Gasteiger partial charge is 0.0991 e. The van der Waals surface area contributed by atoms with Gasteiger partial charge in [0, 0.05) is 17.3 Å². The highest BCUT2D eigenvalue weighted by atomic mass is 16.3. The number of benzene rings is 2. The van der Waals surface area contributed by atoms with E-state index in [4.69, 9.17) is 5.26 Å². The van der Waals surface area contributed by atoms with E-state index in [1.807, 2.05) is 49.4 Å². The van der Waals surface area contributed by atoms with Crippen LogP contribution in [-0.4, -0.2) is 5.11 Å². The van der Waals surface area contributed by atoms with Gasteiger partial charge in [0.25, 0.3) is 0 Å². The topological polar surface area (TPSA) is 56.0 Å². The van der Waals surface area contributed by atoms with Gasteiger partial charge in [0.2, 0.25) is 0 Å². The molecule has 0 spiro atoms. The van der Waals surface area contributed by atoms with Crippen molar-refractivity contribution in [3.8, 4) is 6.07 Å². The molecule has 102 valence electrons. The van der Waals surface area contributed by atoms with Crippen molar-refractivity contribution in [1.82, 2.24) is 0 Å². The molecule has 0 fully saturated rings. The molecule has 2 aromatic rings. The number of aliphatic hydroxyl groups is 1. The van der Waals surface area contributed by atoms with E-state index in [0.717, 1.165) is 16.8 Å². The fourth-order valence-corrected chi connectivity index (χ4v) is 2.19. The SMILES string of the molecule is CC(O)c1ccccc1NC(C)c1cccc(C#N)c1. The van der Waals surface area contributed by atoms with Crippen molar-refractivity contribution in [3.63, 3.8) is 0 Å². The van der Waals surface area contributed by atoms with Gasteiger partial charge in [-0.05, 0) is 37.6 Å². The van der Waals surface area contributed by atoms with Gasteiger partial charge >= 0.3 is 0 Å². The van der Waals surface area contributed by atoms with Gasteiger partial charge in [0.1, 0.15) is 0 Å². The Kier molecular flexibility index (Phi) is 4.39. The van der Waals surface area contributed by atoms with Gasteiger partial charge in [0.15, 0.2) is 0 Å². The average Bonchev–Trinajstić information content (AvgIpc) is 2.47. The van der Waals surface area contributed by atoms with E-state index < -0.39 is 6.10 Å². The maximum absolute atomic E-state index is 9.79. The molecule has 2 atom stereocenters. The van der Waals surface area contributed by atoms with Crippen LogP contribution >= 0.6 is 0 Å². The first kappa shape index (κ1) is 14.1. The lowest BCUT2D eigenvalue weighted by Gasteiger charge is -2.19. The molecule has 2 unspecified atom stereocenters. The van der Waals surface area contributed by atoms with Gasteiger partial charge in [-0.15, -0.1) is 0 Å². The number of nitriles is 1. The number of hydrogen-bond donors (Lipinski definition) is 2. The fraction of sp³-hybridized carbons (Fsp3) is 0.235. The summed E-state index contributed by atoms with van der Waals surface area (Å²) >= 11 is 0. The summed E-state index contributed by atoms with van der Waals surface area (Å²) in [6, 6.07) is 17.5. The molecule has 0 aliphatic rings. The van der Waals surface area contributed by atoms with Crippen LogP contribution in [0.2, 0.25) is 0 Å². The third kappa shape index (κ3) is 3.17.